The summed E-state index contributed by atoms with van der Waals surface area (Å²) in [6.07, 6.45) is 0. The molecule has 0 aromatic heterocycles. The van der Waals surface area contributed by atoms with Crippen LogP contribution in [0.4, 0.5) is 10.1 Å². The Labute approximate surface area is 118 Å². The first-order valence-corrected chi connectivity index (χ1v) is 6.73. The highest BCUT2D eigenvalue weighted by Gasteiger charge is 2.18. The molecule has 19 heavy (non-hydrogen) atoms. The molecule has 0 spiro atoms. The van der Waals surface area contributed by atoms with Crippen molar-refractivity contribution in [3.63, 3.8) is 0 Å². The molecule has 0 saturated heterocycles. The van der Waals surface area contributed by atoms with Gasteiger partial charge < -0.3 is 5.32 Å². The quantitative estimate of drug-likeness (QED) is 0.801. The molecule has 0 saturated carbocycles. The second-order valence-electron chi connectivity index (χ2n) is 4.87. The van der Waals surface area contributed by atoms with Crippen LogP contribution in [0.15, 0.2) is 48.5 Å². The van der Waals surface area contributed by atoms with Crippen LogP contribution in [-0.2, 0) is 0 Å². The summed E-state index contributed by atoms with van der Waals surface area (Å²) in [6, 6.07) is 14.7. The van der Waals surface area contributed by atoms with Crippen LogP contribution in [0.2, 0.25) is 5.02 Å². The van der Waals surface area contributed by atoms with Gasteiger partial charge in [-0.2, -0.15) is 0 Å². The molecule has 0 fully saturated rings. The number of halogens is 2. The molecule has 1 nitrogen and oxygen atoms in total. The third-order valence-electron chi connectivity index (χ3n) is 3.09. The highest BCUT2D eigenvalue weighted by Crippen LogP contribution is 2.32. The standard InChI is InChI=1S/C16H17ClFN/c1-11(2)15(12-7-4-3-5-8-12)19-16-13(17)9-6-10-14(16)18/h3-11,15,19H,1-2H3. The zero-order valence-corrected chi connectivity index (χ0v) is 11.8. The second kappa shape index (κ2) is 6.07. The van der Waals surface area contributed by atoms with Crippen molar-refractivity contribution in [3.8, 4) is 0 Å². The minimum atomic E-state index is -0.325. The lowest BCUT2D eigenvalue weighted by atomic mass is 9.96. The van der Waals surface area contributed by atoms with Gasteiger partial charge in [-0.25, -0.2) is 4.39 Å². The maximum Gasteiger partial charge on any atom is 0.147 e. The van der Waals surface area contributed by atoms with Crippen LogP contribution >= 0.6 is 11.6 Å². The number of hydrogen-bond donors (Lipinski definition) is 1. The summed E-state index contributed by atoms with van der Waals surface area (Å²) < 4.78 is 13.8. The summed E-state index contributed by atoms with van der Waals surface area (Å²) >= 11 is 6.06. The Morgan fingerprint density at radius 3 is 2.26 bits per heavy atom. The number of nitrogens with one attached hydrogen (secondary N) is 1. The molecular weight excluding hydrogens is 261 g/mol. The fourth-order valence-corrected chi connectivity index (χ4v) is 2.30. The fourth-order valence-electron chi connectivity index (χ4n) is 2.09. The lowest BCUT2D eigenvalue weighted by Gasteiger charge is -2.25. The summed E-state index contributed by atoms with van der Waals surface area (Å²) in [5, 5.41) is 3.63. The van der Waals surface area contributed by atoms with Gasteiger partial charge in [-0.1, -0.05) is 61.8 Å². The summed E-state index contributed by atoms with van der Waals surface area (Å²) in [5.41, 5.74) is 1.49. The van der Waals surface area contributed by atoms with E-state index in [4.69, 9.17) is 11.6 Å². The van der Waals surface area contributed by atoms with Gasteiger partial charge in [0.05, 0.1) is 16.8 Å². The molecule has 0 radical (unpaired) electrons. The van der Waals surface area contributed by atoms with Gasteiger partial charge >= 0.3 is 0 Å². The van der Waals surface area contributed by atoms with Crippen molar-refractivity contribution in [2.75, 3.05) is 5.32 Å². The first kappa shape index (κ1) is 13.9. The van der Waals surface area contributed by atoms with Gasteiger partial charge in [-0.05, 0) is 23.6 Å². The van der Waals surface area contributed by atoms with Crippen LogP contribution in [-0.4, -0.2) is 0 Å². The minimum absolute atomic E-state index is 0.0237. The largest absolute Gasteiger partial charge is 0.374 e. The number of para-hydroxylation sites is 1. The van der Waals surface area contributed by atoms with Crippen LogP contribution < -0.4 is 5.32 Å². The van der Waals surface area contributed by atoms with E-state index in [1.54, 1.807) is 12.1 Å². The van der Waals surface area contributed by atoms with Crippen LogP contribution in [0.3, 0.4) is 0 Å². The summed E-state index contributed by atoms with van der Waals surface area (Å²) in [7, 11) is 0. The molecule has 0 aliphatic heterocycles. The molecule has 1 unspecified atom stereocenters. The van der Waals surface area contributed by atoms with Crippen molar-refractivity contribution in [2.24, 2.45) is 5.92 Å². The van der Waals surface area contributed by atoms with Gasteiger partial charge in [-0.3, -0.25) is 0 Å². The fraction of sp³-hybridized carbons (Fsp3) is 0.250. The monoisotopic (exact) mass is 277 g/mol. The van der Waals surface area contributed by atoms with Crippen molar-refractivity contribution in [1.82, 2.24) is 0 Å². The van der Waals surface area contributed by atoms with E-state index in [0.717, 1.165) is 5.56 Å². The maximum atomic E-state index is 13.8. The molecular formula is C16H17ClFN. The number of benzene rings is 2. The zero-order chi connectivity index (χ0) is 13.8. The van der Waals surface area contributed by atoms with E-state index in [-0.39, 0.29) is 11.9 Å². The third-order valence-corrected chi connectivity index (χ3v) is 3.40. The van der Waals surface area contributed by atoms with E-state index in [1.165, 1.54) is 6.07 Å². The average Bonchev–Trinajstić information content (AvgIpc) is 2.39. The lowest BCUT2D eigenvalue weighted by Crippen LogP contribution is -2.17. The lowest BCUT2D eigenvalue weighted by molar-refractivity contribution is 0.540. The normalized spacial score (nSPS) is 12.5. The molecule has 100 valence electrons. The van der Waals surface area contributed by atoms with Crippen LogP contribution in [0.5, 0.6) is 0 Å². The summed E-state index contributed by atoms with van der Waals surface area (Å²) in [4.78, 5) is 0. The topological polar surface area (TPSA) is 12.0 Å². The Balaban J connectivity index is 2.33. The van der Waals surface area contributed by atoms with E-state index >= 15 is 0 Å². The molecule has 0 heterocycles. The number of anilines is 1. The van der Waals surface area contributed by atoms with Crippen molar-refractivity contribution in [3.05, 3.63) is 64.9 Å². The van der Waals surface area contributed by atoms with Gasteiger partial charge in [0.15, 0.2) is 0 Å². The van der Waals surface area contributed by atoms with Gasteiger partial charge in [-0.15, -0.1) is 0 Å². The Hall–Kier alpha value is -1.54. The van der Waals surface area contributed by atoms with Gasteiger partial charge in [0.2, 0.25) is 0 Å². The minimum Gasteiger partial charge on any atom is -0.374 e. The smallest absolute Gasteiger partial charge is 0.147 e. The molecule has 1 atom stereocenters. The third kappa shape index (κ3) is 3.27. The summed E-state index contributed by atoms with van der Waals surface area (Å²) in [6.45, 7) is 4.19. The molecule has 1 N–H and O–H groups in total. The van der Waals surface area contributed by atoms with Crippen molar-refractivity contribution >= 4 is 17.3 Å². The average molecular weight is 278 g/mol. The van der Waals surface area contributed by atoms with E-state index in [0.29, 0.717) is 16.6 Å². The Kier molecular flexibility index (Phi) is 4.43. The summed E-state index contributed by atoms with van der Waals surface area (Å²) in [5.74, 6) is -0.00726. The van der Waals surface area contributed by atoms with Crippen molar-refractivity contribution < 1.29 is 4.39 Å². The first-order chi connectivity index (χ1) is 9.09. The van der Waals surface area contributed by atoms with Crippen molar-refractivity contribution in [1.29, 1.82) is 0 Å². The second-order valence-corrected chi connectivity index (χ2v) is 5.28. The molecule has 2 aromatic carbocycles. The molecule has 2 rings (SSSR count). The van der Waals surface area contributed by atoms with Crippen LogP contribution in [0.25, 0.3) is 0 Å². The SMILES string of the molecule is CC(C)C(Nc1c(F)cccc1Cl)c1ccccc1. The van der Waals surface area contributed by atoms with Crippen LogP contribution in [0.1, 0.15) is 25.5 Å². The Bertz CT molecular complexity index is 519. The molecule has 0 aliphatic carbocycles. The van der Waals surface area contributed by atoms with E-state index in [9.17, 15) is 4.39 Å². The predicted molar refractivity (Wildman–Crippen MR) is 79.1 cm³/mol. The Morgan fingerprint density at radius 2 is 1.68 bits per heavy atom. The van der Waals surface area contributed by atoms with Gasteiger partial charge in [0.25, 0.3) is 0 Å². The first-order valence-electron chi connectivity index (χ1n) is 6.35. The highest BCUT2D eigenvalue weighted by molar-refractivity contribution is 6.33. The van der Waals surface area contributed by atoms with Gasteiger partial charge in [0, 0.05) is 0 Å². The molecule has 0 bridgehead atoms. The van der Waals surface area contributed by atoms with Crippen LogP contribution in [0, 0.1) is 11.7 Å². The molecule has 2 aromatic rings. The highest BCUT2D eigenvalue weighted by atomic mass is 35.5. The van der Waals surface area contributed by atoms with E-state index in [2.05, 4.69) is 19.2 Å². The number of hydrogen-bond acceptors (Lipinski definition) is 1. The zero-order valence-electron chi connectivity index (χ0n) is 11.0. The predicted octanol–water partition coefficient (Wildman–Crippen LogP) is 5.29. The van der Waals surface area contributed by atoms with E-state index < -0.39 is 0 Å². The van der Waals surface area contributed by atoms with Crippen molar-refractivity contribution in [2.45, 2.75) is 19.9 Å². The Morgan fingerprint density at radius 1 is 1.00 bits per heavy atom. The maximum absolute atomic E-state index is 13.8. The number of rotatable bonds is 4. The van der Waals surface area contributed by atoms with Gasteiger partial charge in [0.1, 0.15) is 5.82 Å². The molecule has 3 heteroatoms. The molecule has 0 aliphatic rings. The molecule has 0 amide bonds. The van der Waals surface area contributed by atoms with E-state index in [1.807, 2.05) is 30.3 Å².